The fourth-order valence-corrected chi connectivity index (χ4v) is 4.94. The summed E-state index contributed by atoms with van der Waals surface area (Å²) in [6, 6.07) is 6.67. The van der Waals surface area contributed by atoms with Crippen LogP contribution < -0.4 is 16.1 Å². The maximum atomic E-state index is 13.3. The average molecular weight is 575 g/mol. The third-order valence-corrected chi connectivity index (χ3v) is 7.66. The highest BCUT2D eigenvalue weighted by Gasteiger charge is 2.35. The van der Waals surface area contributed by atoms with Crippen LogP contribution in [0.3, 0.4) is 0 Å². The SMILES string of the molecule is CC1NC(=O)C(C(C)C)NC(=O)C(C)(C)C=Cc2ccc3c(C#N)cc(nc3c2)[C@@H](C)OC(=O)C2CCCN(N2)C1=O. The largest absolute Gasteiger partial charge is 0.455 e. The molecule has 11 heteroatoms. The second-order valence-corrected chi connectivity index (χ2v) is 11.9. The number of rotatable bonds is 1. The van der Waals surface area contributed by atoms with Crippen molar-refractivity contribution < 1.29 is 23.9 Å². The van der Waals surface area contributed by atoms with Gasteiger partial charge >= 0.3 is 5.97 Å². The molecule has 0 radical (unpaired) electrons. The van der Waals surface area contributed by atoms with Gasteiger partial charge in [0.25, 0.3) is 5.91 Å². The van der Waals surface area contributed by atoms with Crippen LogP contribution in [0, 0.1) is 22.7 Å². The van der Waals surface area contributed by atoms with E-state index in [9.17, 15) is 24.4 Å². The predicted octanol–water partition coefficient (Wildman–Crippen LogP) is 2.90. The third-order valence-electron chi connectivity index (χ3n) is 7.66. The number of pyridine rings is 1. The maximum Gasteiger partial charge on any atom is 0.325 e. The Kier molecular flexibility index (Phi) is 8.97. The van der Waals surface area contributed by atoms with E-state index in [0.717, 1.165) is 5.56 Å². The van der Waals surface area contributed by atoms with Crippen molar-refractivity contribution in [2.45, 2.75) is 78.6 Å². The summed E-state index contributed by atoms with van der Waals surface area (Å²) < 4.78 is 5.74. The highest BCUT2D eigenvalue weighted by atomic mass is 16.5. The summed E-state index contributed by atoms with van der Waals surface area (Å²) in [5, 5.41) is 17.4. The van der Waals surface area contributed by atoms with Crippen molar-refractivity contribution in [1.29, 1.82) is 5.26 Å². The molecule has 3 amide bonds. The van der Waals surface area contributed by atoms with Crippen LogP contribution in [0.25, 0.3) is 17.0 Å². The zero-order valence-corrected chi connectivity index (χ0v) is 24.9. The molecule has 42 heavy (non-hydrogen) atoms. The van der Waals surface area contributed by atoms with Crippen LogP contribution in [0.2, 0.25) is 0 Å². The van der Waals surface area contributed by atoms with Gasteiger partial charge in [-0.25, -0.2) is 10.4 Å². The highest BCUT2D eigenvalue weighted by Crippen LogP contribution is 2.27. The van der Waals surface area contributed by atoms with Gasteiger partial charge in [-0.1, -0.05) is 38.1 Å². The second kappa shape index (κ2) is 12.3. The number of fused-ring (bicyclic) bond motifs is 4. The number of nitriles is 1. The third kappa shape index (κ3) is 6.60. The Labute approximate surface area is 245 Å². The van der Waals surface area contributed by atoms with Crippen molar-refractivity contribution in [3.8, 4) is 6.07 Å². The quantitative estimate of drug-likeness (QED) is 0.440. The number of aromatic nitrogens is 1. The van der Waals surface area contributed by atoms with Gasteiger partial charge in [0.1, 0.15) is 24.2 Å². The molecule has 3 unspecified atom stereocenters. The standard InChI is InChI=1S/C31H38N6O5/c1-17(2)26-27(38)33-18(3)28(39)37-13-7-8-23(36-37)29(40)42-19(4)24-15-21(16-32)22-10-9-20(14-25(22)34-24)11-12-31(5,6)30(41)35-26/h9-12,14-15,17-19,23,26,36H,7-8,13H2,1-6H3,(H,33,38)(H,35,41)/t18?,19-,23?,26?/m1/s1. The molecule has 1 aromatic carbocycles. The molecule has 1 saturated heterocycles. The molecule has 222 valence electrons. The Morgan fingerprint density at radius 3 is 2.55 bits per heavy atom. The number of hydrazine groups is 1. The predicted molar refractivity (Wildman–Crippen MR) is 156 cm³/mol. The lowest BCUT2D eigenvalue weighted by Gasteiger charge is -2.35. The van der Waals surface area contributed by atoms with Gasteiger partial charge < -0.3 is 15.4 Å². The van der Waals surface area contributed by atoms with Crippen LogP contribution in [0.4, 0.5) is 0 Å². The van der Waals surface area contributed by atoms with E-state index < -0.39 is 47.4 Å². The molecule has 4 atom stereocenters. The number of carbonyl (C=O) groups excluding carboxylic acids is 4. The van der Waals surface area contributed by atoms with E-state index in [-0.39, 0.29) is 11.8 Å². The molecule has 2 aliphatic rings. The van der Waals surface area contributed by atoms with Gasteiger partial charge in [-0.05, 0) is 64.2 Å². The van der Waals surface area contributed by atoms with Crippen molar-refractivity contribution in [2.24, 2.45) is 11.3 Å². The van der Waals surface area contributed by atoms with Crippen LogP contribution in [0.15, 0.2) is 30.3 Å². The van der Waals surface area contributed by atoms with E-state index in [2.05, 4.69) is 22.1 Å². The number of hydrogen-bond donors (Lipinski definition) is 3. The van der Waals surface area contributed by atoms with Crippen LogP contribution in [0.1, 0.15) is 77.3 Å². The van der Waals surface area contributed by atoms with Crippen molar-refractivity contribution in [1.82, 2.24) is 26.1 Å². The number of nitrogens with one attached hydrogen (secondary N) is 3. The summed E-state index contributed by atoms with van der Waals surface area (Å²) in [4.78, 5) is 57.6. The average Bonchev–Trinajstić information content (AvgIpc) is 2.96. The molecule has 5 bridgehead atoms. The summed E-state index contributed by atoms with van der Waals surface area (Å²) >= 11 is 0. The number of nitrogens with zero attached hydrogens (tertiary/aromatic N) is 3. The number of esters is 1. The van der Waals surface area contributed by atoms with Crippen molar-refractivity contribution >= 4 is 40.7 Å². The zero-order valence-electron chi connectivity index (χ0n) is 24.9. The van der Waals surface area contributed by atoms with Crippen molar-refractivity contribution in [2.75, 3.05) is 6.54 Å². The highest BCUT2D eigenvalue weighted by molar-refractivity contribution is 5.94. The topological polar surface area (TPSA) is 154 Å². The Morgan fingerprint density at radius 1 is 1.12 bits per heavy atom. The normalized spacial score (nSPS) is 25.5. The van der Waals surface area contributed by atoms with E-state index in [1.807, 2.05) is 19.9 Å². The first kappa shape index (κ1) is 30.7. The Morgan fingerprint density at radius 2 is 1.86 bits per heavy atom. The van der Waals surface area contributed by atoms with Crippen LogP contribution in [-0.2, 0) is 23.9 Å². The molecule has 0 spiro atoms. The first-order valence-corrected chi connectivity index (χ1v) is 14.2. The molecular formula is C31H38N6O5. The van der Waals surface area contributed by atoms with Crippen LogP contribution in [-0.4, -0.2) is 58.4 Å². The number of amides is 3. The van der Waals surface area contributed by atoms with E-state index in [4.69, 9.17) is 9.72 Å². The lowest BCUT2D eigenvalue weighted by molar-refractivity contribution is -0.157. The lowest BCUT2D eigenvalue weighted by atomic mass is 9.89. The summed E-state index contributed by atoms with van der Waals surface area (Å²) in [6.45, 7) is 10.7. The van der Waals surface area contributed by atoms with E-state index >= 15 is 0 Å². The number of cyclic esters (lactones) is 1. The molecule has 3 heterocycles. The number of hydrogen-bond acceptors (Lipinski definition) is 8. The molecule has 1 aromatic heterocycles. The Bertz CT molecular complexity index is 1480. The van der Waals surface area contributed by atoms with E-state index in [0.29, 0.717) is 41.5 Å². The van der Waals surface area contributed by atoms with Gasteiger partial charge in [0.05, 0.1) is 28.3 Å². The minimum atomic E-state index is -0.981. The molecule has 2 aromatic rings. The van der Waals surface area contributed by atoms with Gasteiger partial charge in [-0.2, -0.15) is 5.26 Å². The van der Waals surface area contributed by atoms with Gasteiger partial charge in [-0.3, -0.25) is 24.2 Å². The summed E-state index contributed by atoms with van der Waals surface area (Å²) in [5.74, 6) is -2.04. The van der Waals surface area contributed by atoms with Gasteiger partial charge in [0.2, 0.25) is 11.8 Å². The summed E-state index contributed by atoms with van der Waals surface area (Å²) in [5.41, 5.74) is 4.07. The lowest BCUT2D eigenvalue weighted by Crippen LogP contribution is -2.61. The summed E-state index contributed by atoms with van der Waals surface area (Å²) in [6.07, 6.45) is 3.78. The minimum absolute atomic E-state index is 0.248. The van der Waals surface area contributed by atoms with Crippen LogP contribution in [0.5, 0.6) is 0 Å². The molecular weight excluding hydrogens is 536 g/mol. The maximum absolute atomic E-state index is 13.3. The Hall–Kier alpha value is -4.30. The molecule has 1 fully saturated rings. The fraction of sp³-hybridized carbons (Fsp3) is 0.484. The zero-order chi connectivity index (χ0) is 30.8. The second-order valence-electron chi connectivity index (χ2n) is 11.9. The first-order chi connectivity index (χ1) is 19.8. The number of benzene rings is 1. The summed E-state index contributed by atoms with van der Waals surface area (Å²) in [7, 11) is 0. The van der Waals surface area contributed by atoms with Crippen LogP contribution >= 0.6 is 0 Å². The van der Waals surface area contributed by atoms with E-state index in [1.165, 1.54) is 5.01 Å². The van der Waals surface area contributed by atoms with Gasteiger partial charge in [-0.15, -0.1) is 0 Å². The molecule has 4 rings (SSSR count). The smallest absolute Gasteiger partial charge is 0.325 e. The fourth-order valence-electron chi connectivity index (χ4n) is 4.94. The van der Waals surface area contributed by atoms with Gasteiger partial charge in [0.15, 0.2) is 0 Å². The minimum Gasteiger partial charge on any atom is -0.455 e. The molecule has 0 aliphatic carbocycles. The number of carbonyl (C=O) groups is 4. The van der Waals surface area contributed by atoms with Crippen molar-refractivity contribution in [3.63, 3.8) is 0 Å². The molecule has 3 N–H and O–H groups in total. The molecule has 2 aliphatic heterocycles. The molecule has 0 saturated carbocycles. The monoisotopic (exact) mass is 574 g/mol. The van der Waals surface area contributed by atoms with Gasteiger partial charge in [0, 0.05) is 11.9 Å². The number of ether oxygens (including phenoxy) is 1. The first-order valence-electron chi connectivity index (χ1n) is 14.2. The van der Waals surface area contributed by atoms with Crippen molar-refractivity contribution in [3.05, 3.63) is 47.2 Å². The molecule has 11 nitrogen and oxygen atoms in total. The van der Waals surface area contributed by atoms with E-state index in [1.54, 1.807) is 58.0 Å². The Balaban J connectivity index is 1.76.